The van der Waals surface area contributed by atoms with Gasteiger partial charge in [-0.05, 0) is 48.0 Å². The second-order valence-corrected chi connectivity index (χ2v) is 5.35. The Bertz CT molecular complexity index is 918. The molecule has 4 rings (SSSR count). The summed E-state index contributed by atoms with van der Waals surface area (Å²) in [4.78, 5) is 16.1. The van der Waals surface area contributed by atoms with Crippen molar-refractivity contribution in [2.24, 2.45) is 0 Å². The maximum Gasteiger partial charge on any atom is 0.248 e. The molecule has 0 bridgehead atoms. The molecule has 0 atom stereocenters. The molecule has 2 heterocycles. The van der Waals surface area contributed by atoms with Gasteiger partial charge in [-0.25, -0.2) is 4.98 Å². The minimum absolute atomic E-state index is 0.218. The fourth-order valence-electron chi connectivity index (χ4n) is 2.43. The van der Waals surface area contributed by atoms with Gasteiger partial charge in [-0.15, -0.1) is 0 Å². The number of carbonyl (C=O) groups excluding carboxylic acids is 1. The van der Waals surface area contributed by atoms with Crippen LogP contribution in [0.5, 0.6) is 11.5 Å². The van der Waals surface area contributed by atoms with Crippen LogP contribution in [0.1, 0.15) is 5.56 Å². The van der Waals surface area contributed by atoms with Crippen molar-refractivity contribution in [1.82, 2.24) is 15.2 Å². The fraction of sp³-hybridized carbons (Fsp3) is 0.0556. The molecule has 1 aliphatic heterocycles. The normalized spacial score (nSPS) is 12.5. The fourth-order valence-corrected chi connectivity index (χ4v) is 2.43. The number of H-pyrrole nitrogens is 1. The van der Waals surface area contributed by atoms with E-state index in [1.165, 1.54) is 12.4 Å². The van der Waals surface area contributed by atoms with Crippen molar-refractivity contribution in [2.75, 3.05) is 12.1 Å². The first kappa shape index (κ1) is 14.9. The highest BCUT2D eigenvalue weighted by Gasteiger charge is 2.12. The Kier molecular flexibility index (Phi) is 3.88. The van der Waals surface area contributed by atoms with Crippen molar-refractivity contribution in [3.63, 3.8) is 0 Å². The molecule has 7 nitrogen and oxygen atoms in total. The second-order valence-electron chi connectivity index (χ2n) is 5.35. The minimum Gasteiger partial charge on any atom is -0.454 e. The van der Waals surface area contributed by atoms with Crippen molar-refractivity contribution >= 4 is 17.7 Å². The van der Waals surface area contributed by atoms with Crippen LogP contribution in [0.4, 0.5) is 5.69 Å². The van der Waals surface area contributed by atoms with Gasteiger partial charge in [-0.1, -0.05) is 6.07 Å². The third kappa shape index (κ3) is 3.35. The number of rotatable bonds is 4. The van der Waals surface area contributed by atoms with Crippen LogP contribution in [0.2, 0.25) is 0 Å². The molecular formula is C18H14N4O3. The highest BCUT2D eigenvalue weighted by atomic mass is 16.7. The molecule has 2 N–H and O–H groups in total. The molecule has 124 valence electrons. The molecular weight excluding hydrogens is 320 g/mol. The number of ether oxygens (including phenoxy) is 2. The Balaban J connectivity index is 1.40. The Morgan fingerprint density at radius 3 is 2.76 bits per heavy atom. The van der Waals surface area contributed by atoms with Gasteiger partial charge in [0.1, 0.15) is 6.33 Å². The standard InChI is InChI=1S/C18H14N4O3/c23-17(8-2-12-1-7-15-16(9-12)25-11-24-15)21-14-5-3-13(4-6-14)18-19-10-20-22-18/h1-10H,11H2,(H,21,23)(H,19,20,22)/b8-2+. The number of hydrogen-bond acceptors (Lipinski definition) is 5. The van der Waals surface area contributed by atoms with E-state index in [0.29, 0.717) is 23.0 Å². The van der Waals surface area contributed by atoms with E-state index in [4.69, 9.17) is 9.47 Å². The number of aromatic nitrogens is 3. The summed E-state index contributed by atoms with van der Waals surface area (Å²) in [7, 11) is 0. The molecule has 3 aromatic rings. The Morgan fingerprint density at radius 2 is 1.96 bits per heavy atom. The smallest absolute Gasteiger partial charge is 0.248 e. The number of aromatic amines is 1. The molecule has 0 unspecified atom stereocenters. The molecule has 0 aliphatic carbocycles. The first-order valence-corrected chi connectivity index (χ1v) is 7.62. The van der Waals surface area contributed by atoms with Gasteiger partial charge in [0.05, 0.1) is 0 Å². The third-order valence-corrected chi connectivity index (χ3v) is 3.66. The lowest BCUT2D eigenvalue weighted by molar-refractivity contribution is -0.111. The molecule has 1 aliphatic rings. The summed E-state index contributed by atoms with van der Waals surface area (Å²) in [5.74, 6) is 1.87. The van der Waals surface area contributed by atoms with Crippen molar-refractivity contribution in [3.8, 4) is 22.9 Å². The predicted octanol–water partition coefficient (Wildman–Crippen LogP) is 2.85. The summed E-state index contributed by atoms with van der Waals surface area (Å²) in [6.45, 7) is 0.229. The molecule has 0 spiro atoms. The maximum atomic E-state index is 12.1. The van der Waals surface area contributed by atoms with E-state index < -0.39 is 0 Å². The van der Waals surface area contributed by atoms with E-state index in [0.717, 1.165) is 11.1 Å². The van der Waals surface area contributed by atoms with Crippen LogP contribution in [0, 0.1) is 0 Å². The van der Waals surface area contributed by atoms with Crippen molar-refractivity contribution in [3.05, 3.63) is 60.4 Å². The first-order chi connectivity index (χ1) is 12.3. The largest absolute Gasteiger partial charge is 0.454 e. The highest BCUT2D eigenvalue weighted by Crippen LogP contribution is 2.32. The van der Waals surface area contributed by atoms with Crippen molar-refractivity contribution in [2.45, 2.75) is 0 Å². The molecule has 2 aromatic carbocycles. The van der Waals surface area contributed by atoms with Gasteiger partial charge in [0.15, 0.2) is 17.3 Å². The molecule has 7 heteroatoms. The van der Waals surface area contributed by atoms with Crippen molar-refractivity contribution < 1.29 is 14.3 Å². The minimum atomic E-state index is -0.218. The van der Waals surface area contributed by atoms with Crippen LogP contribution in [-0.2, 0) is 4.79 Å². The van der Waals surface area contributed by atoms with Gasteiger partial charge in [-0.3, -0.25) is 9.89 Å². The molecule has 1 amide bonds. The summed E-state index contributed by atoms with van der Waals surface area (Å²) >= 11 is 0. The topological polar surface area (TPSA) is 89.1 Å². The van der Waals surface area contributed by atoms with Crippen LogP contribution in [0.25, 0.3) is 17.5 Å². The zero-order valence-corrected chi connectivity index (χ0v) is 13.1. The van der Waals surface area contributed by atoms with Crippen LogP contribution >= 0.6 is 0 Å². The van der Waals surface area contributed by atoms with Gasteiger partial charge in [0, 0.05) is 17.3 Å². The average molecular weight is 334 g/mol. The number of anilines is 1. The van der Waals surface area contributed by atoms with E-state index in [2.05, 4.69) is 20.5 Å². The first-order valence-electron chi connectivity index (χ1n) is 7.62. The maximum absolute atomic E-state index is 12.1. The van der Waals surface area contributed by atoms with Crippen LogP contribution in [0.15, 0.2) is 54.9 Å². The quantitative estimate of drug-likeness (QED) is 0.716. The summed E-state index contributed by atoms with van der Waals surface area (Å²) in [5, 5.41) is 9.41. The number of amides is 1. The van der Waals surface area contributed by atoms with Gasteiger partial charge in [-0.2, -0.15) is 5.10 Å². The zero-order valence-electron chi connectivity index (χ0n) is 13.1. The van der Waals surface area contributed by atoms with Crippen LogP contribution in [-0.4, -0.2) is 27.9 Å². The Morgan fingerprint density at radius 1 is 1.12 bits per heavy atom. The number of nitrogens with one attached hydrogen (secondary N) is 2. The highest BCUT2D eigenvalue weighted by molar-refractivity contribution is 6.02. The zero-order chi connectivity index (χ0) is 17.1. The van der Waals surface area contributed by atoms with Gasteiger partial charge < -0.3 is 14.8 Å². The van der Waals surface area contributed by atoms with E-state index in [-0.39, 0.29) is 12.7 Å². The van der Waals surface area contributed by atoms with Gasteiger partial charge in [0.2, 0.25) is 12.7 Å². The van der Waals surface area contributed by atoms with Gasteiger partial charge >= 0.3 is 0 Å². The lowest BCUT2D eigenvalue weighted by Crippen LogP contribution is -2.07. The number of fused-ring (bicyclic) bond motifs is 1. The predicted molar refractivity (Wildman–Crippen MR) is 92.0 cm³/mol. The summed E-state index contributed by atoms with van der Waals surface area (Å²) in [6, 6.07) is 12.9. The molecule has 0 radical (unpaired) electrons. The number of benzene rings is 2. The number of nitrogens with zero attached hydrogens (tertiary/aromatic N) is 2. The van der Waals surface area contributed by atoms with Crippen LogP contribution < -0.4 is 14.8 Å². The van der Waals surface area contributed by atoms with E-state index >= 15 is 0 Å². The lowest BCUT2D eigenvalue weighted by Gasteiger charge is -2.03. The molecule has 25 heavy (non-hydrogen) atoms. The summed E-state index contributed by atoms with van der Waals surface area (Å²) in [6.07, 6.45) is 4.65. The molecule has 0 fully saturated rings. The number of carbonyl (C=O) groups is 1. The SMILES string of the molecule is O=C(/C=C/c1ccc2c(c1)OCO2)Nc1ccc(-c2ncn[nH]2)cc1. The van der Waals surface area contributed by atoms with E-state index in [1.807, 2.05) is 42.5 Å². The van der Waals surface area contributed by atoms with Crippen molar-refractivity contribution in [1.29, 1.82) is 0 Å². The second kappa shape index (κ2) is 6.48. The van der Waals surface area contributed by atoms with E-state index in [1.54, 1.807) is 6.08 Å². The number of hydrogen-bond donors (Lipinski definition) is 2. The molecule has 0 saturated heterocycles. The third-order valence-electron chi connectivity index (χ3n) is 3.66. The Hall–Kier alpha value is -3.61. The van der Waals surface area contributed by atoms with Crippen LogP contribution in [0.3, 0.4) is 0 Å². The molecule has 0 saturated carbocycles. The monoisotopic (exact) mass is 334 g/mol. The summed E-state index contributed by atoms with van der Waals surface area (Å²) < 4.78 is 10.6. The van der Waals surface area contributed by atoms with Gasteiger partial charge in [0.25, 0.3) is 0 Å². The lowest BCUT2D eigenvalue weighted by atomic mass is 10.2. The summed E-state index contributed by atoms with van der Waals surface area (Å²) in [5.41, 5.74) is 2.45. The Labute approximate surface area is 143 Å². The average Bonchev–Trinajstić information content (AvgIpc) is 3.32. The van der Waals surface area contributed by atoms with E-state index in [9.17, 15) is 4.79 Å². The molecule has 1 aromatic heterocycles.